The van der Waals surface area contributed by atoms with Gasteiger partial charge >= 0.3 is 0 Å². The Kier molecular flexibility index (Phi) is 3.07. The second-order valence-corrected chi connectivity index (χ2v) is 7.21. The SMILES string of the molecule is O=C(c1cn2c3c(cccc3c1=O)CC2)N1CCN2CCC[C@@H]2C1. The summed E-state index contributed by atoms with van der Waals surface area (Å²) in [6, 6.07) is 6.34. The Morgan fingerprint density at radius 1 is 1.12 bits per heavy atom. The number of amides is 1. The van der Waals surface area contributed by atoms with Crippen LogP contribution in [0.1, 0.15) is 28.8 Å². The van der Waals surface area contributed by atoms with E-state index in [9.17, 15) is 9.59 Å². The topological polar surface area (TPSA) is 45.6 Å². The van der Waals surface area contributed by atoms with E-state index in [1.54, 1.807) is 6.20 Å². The minimum atomic E-state index is -0.108. The molecule has 2 aromatic rings. The zero-order valence-corrected chi connectivity index (χ0v) is 13.7. The van der Waals surface area contributed by atoms with Crippen LogP contribution >= 0.6 is 0 Å². The molecule has 5 nitrogen and oxygen atoms in total. The molecular weight excluding hydrogens is 302 g/mol. The summed E-state index contributed by atoms with van der Waals surface area (Å²) < 4.78 is 2.09. The molecule has 1 aromatic heterocycles. The lowest BCUT2D eigenvalue weighted by Crippen LogP contribution is -2.52. The summed E-state index contributed by atoms with van der Waals surface area (Å²) in [4.78, 5) is 30.3. The van der Waals surface area contributed by atoms with Crippen LogP contribution in [0.5, 0.6) is 0 Å². The fraction of sp³-hybridized carbons (Fsp3) is 0.474. The molecule has 2 saturated heterocycles. The second kappa shape index (κ2) is 5.18. The predicted octanol–water partition coefficient (Wildman–Crippen LogP) is 1.48. The Morgan fingerprint density at radius 3 is 2.96 bits per heavy atom. The number of hydrogen-bond acceptors (Lipinski definition) is 3. The summed E-state index contributed by atoms with van der Waals surface area (Å²) >= 11 is 0. The molecule has 0 bridgehead atoms. The minimum absolute atomic E-state index is 0.0884. The van der Waals surface area contributed by atoms with Gasteiger partial charge in [0.25, 0.3) is 5.91 Å². The highest BCUT2D eigenvalue weighted by Crippen LogP contribution is 2.25. The van der Waals surface area contributed by atoms with E-state index in [2.05, 4.69) is 15.5 Å². The number of nitrogens with zero attached hydrogens (tertiary/aromatic N) is 3. The Balaban J connectivity index is 1.54. The van der Waals surface area contributed by atoms with E-state index in [4.69, 9.17) is 0 Å². The average Bonchev–Trinajstić information content (AvgIpc) is 3.24. The Bertz CT molecular complexity index is 901. The largest absolute Gasteiger partial charge is 0.346 e. The van der Waals surface area contributed by atoms with E-state index in [0.29, 0.717) is 17.0 Å². The number of hydrogen-bond donors (Lipinski definition) is 0. The number of carbonyl (C=O) groups excluding carboxylic acids is 1. The fourth-order valence-corrected chi connectivity index (χ4v) is 4.66. The third-order valence-electron chi connectivity index (χ3n) is 5.91. The molecule has 5 rings (SSSR count). The summed E-state index contributed by atoms with van der Waals surface area (Å²) in [5.41, 5.74) is 2.46. The monoisotopic (exact) mass is 323 g/mol. The van der Waals surface area contributed by atoms with Gasteiger partial charge in [-0.15, -0.1) is 0 Å². The number of aryl methyl sites for hydroxylation is 2. The zero-order valence-electron chi connectivity index (χ0n) is 13.7. The highest BCUT2D eigenvalue weighted by atomic mass is 16.2. The van der Waals surface area contributed by atoms with Crippen molar-refractivity contribution in [3.05, 3.63) is 45.7 Å². The molecule has 3 aliphatic heterocycles. The molecule has 0 radical (unpaired) electrons. The highest BCUT2D eigenvalue weighted by Gasteiger charge is 2.34. The van der Waals surface area contributed by atoms with Crippen LogP contribution in [0.4, 0.5) is 0 Å². The highest BCUT2D eigenvalue weighted by molar-refractivity contribution is 5.98. The first-order valence-electron chi connectivity index (χ1n) is 8.91. The standard InChI is InChI=1S/C19H21N3O2/c23-18-15-5-1-3-13-6-8-21(17(13)15)12-16(18)19(24)22-10-9-20-7-2-4-14(20)11-22/h1,3,5,12,14H,2,4,6-11H2/t14-/m1/s1. The molecule has 3 aliphatic rings. The molecule has 0 spiro atoms. The van der Waals surface area contributed by atoms with E-state index >= 15 is 0 Å². The predicted molar refractivity (Wildman–Crippen MR) is 92.4 cm³/mol. The van der Waals surface area contributed by atoms with Crippen LogP contribution in [-0.2, 0) is 13.0 Å². The van der Waals surface area contributed by atoms with Crippen LogP contribution in [-0.4, -0.2) is 52.5 Å². The molecule has 4 heterocycles. The summed E-state index contributed by atoms with van der Waals surface area (Å²) in [7, 11) is 0. The minimum Gasteiger partial charge on any atom is -0.346 e. The number of fused-ring (bicyclic) bond motifs is 1. The number of para-hydroxylation sites is 1. The van der Waals surface area contributed by atoms with Crippen molar-refractivity contribution >= 4 is 16.8 Å². The zero-order chi connectivity index (χ0) is 16.3. The lowest BCUT2D eigenvalue weighted by Gasteiger charge is -2.37. The third-order valence-corrected chi connectivity index (χ3v) is 5.91. The molecule has 0 saturated carbocycles. The normalized spacial score (nSPS) is 23.0. The van der Waals surface area contributed by atoms with Crippen molar-refractivity contribution in [2.24, 2.45) is 0 Å². The van der Waals surface area contributed by atoms with Gasteiger partial charge in [-0.05, 0) is 37.4 Å². The Labute approximate surface area is 140 Å². The summed E-state index contributed by atoms with van der Waals surface area (Å²) in [6.07, 6.45) is 5.12. The van der Waals surface area contributed by atoms with Gasteiger partial charge in [-0.1, -0.05) is 12.1 Å². The van der Waals surface area contributed by atoms with Crippen LogP contribution in [0.15, 0.2) is 29.2 Å². The summed E-state index contributed by atoms with van der Waals surface area (Å²) in [5.74, 6) is -0.0884. The number of aromatic nitrogens is 1. The van der Waals surface area contributed by atoms with Crippen LogP contribution in [0.2, 0.25) is 0 Å². The average molecular weight is 323 g/mol. The van der Waals surface area contributed by atoms with Crippen molar-refractivity contribution in [3.63, 3.8) is 0 Å². The Morgan fingerprint density at radius 2 is 2.04 bits per heavy atom. The van der Waals surface area contributed by atoms with Crippen LogP contribution in [0.3, 0.4) is 0 Å². The van der Waals surface area contributed by atoms with Gasteiger partial charge in [0.2, 0.25) is 5.43 Å². The van der Waals surface area contributed by atoms with Gasteiger partial charge in [-0.25, -0.2) is 0 Å². The number of piperazine rings is 1. The lowest BCUT2D eigenvalue weighted by molar-refractivity contribution is 0.0569. The molecule has 1 amide bonds. The molecule has 124 valence electrons. The smallest absolute Gasteiger partial charge is 0.259 e. The van der Waals surface area contributed by atoms with Crippen molar-refractivity contribution in [3.8, 4) is 0 Å². The van der Waals surface area contributed by atoms with Gasteiger partial charge in [0.1, 0.15) is 5.56 Å². The van der Waals surface area contributed by atoms with Gasteiger partial charge in [0.15, 0.2) is 0 Å². The molecule has 1 atom stereocenters. The van der Waals surface area contributed by atoms with Gasteiger partial charge in [-0.3, -0.25) is 14.5 Å². The second-order valence-electron chi connectivity index (χ2n) is 7.21. The molecule has 0 unspecified atom stereocenters. The van der Waals surface area contributed by atoms with E-state index in [0.717, 1.165) is 51.1 Å². The number of benzene rings is 1. The summed E-state index contributed by atoms with van der Waals surface area (Å²) in [5, 5.41) is 0.690. The Hall–Kier alpha value is -2.14. The number of rotatable bonds is 1. The van der Waals surface area contributed by atoms with Crippen LogP contribution < -0.4 is 5.43 Å². The summed E-state index contributed by atoms with van der Waals surface area (Å²) in [6.45, 7) is 4.43. The van der Waals surface area contributed by atoms with E-state index in [-0.39, 0.29) is 11.3 Å². The van der Waals surface area contributed by atoms with Gasteiger partial charge in [0.05, 0.1) is 5.52 Å². The third kappa shape index (κ3) is 1.97. The first-order chi connectivity index (χ1) is 11.7. The maximum Gasteiger partial charge on any atom is 0.259 e. The first-order valence-corrected chi connectivity index (χ1v) is 8.91. The van der Waals surface area contributed by atoms with Crippen molar-refractivity contribution in [2.45, 2.75) is 31.8 Å². The van der Waals surface area contributed by atoms with Crippen LogP contribution in [0, 0.1) is 0 Å². The van der Waals surface area contributed by atoms with Crippen molar-refractivity contribution in [1.82, 2.24) is 14.4 Å². The van der Waals surface area contributed by atoms with E-state index in [1.807, 2.05) is 17.0 Å². The van der Waals surface area contributed by atoms with Gasteiger partial charge in [-0.2, -0.15) is 0 Å². The van der Waals surface area contributed by atoms with E-state index < -0.39 is 0 Å². The molecule has 0 N–H and O–H groups in total. The maximum absolute atomic E-state index is 13.0. The van der Waals surface area contributed by atoms with Gasteiger partial charge < -0.3 is 9.47 Å². The lowest BCUT2D eigenvalue weighted by atomic mass is 10.1. The van der Waals surface area contributed by atoms with E-state index in [1.165, 1.54) is 12.0 Å². The van der Waals surface area contributed by atoms with Crippen molar-refractivity contribution in [1.29, 1.82) is 0 Å². The van der Waals surface area contributed by atoms with Gasteiger partial charge in [0, 0.05) is 43.8 Å². The molecule has 2 fully saturated rings. The number of pyridine rings is 1. The molecule has 1 aromatic carbocycles. The first kappa shape index (κ1) is 14.2. The maximum atomic E-state index is 13.0. The van der Waals surface area contributed by atoms with Crippen molar-refractivity contribution in [2.75, 3.05) is 26.2 Å². The molecule has 24 heavy (non-hydrogen) atoms. The quantitative estimate of drug-likeness (QED) is 0.798. The molecule has 5 heteroatoms. The fourth-order valence-electron chi connectivity index (χ4n) is 4.66. The molecule has 0 aliphatic carbocycles. The van der Waals surface area contributed by atoms with Crippen LogP contribution in [0.25, 0.3) is 10.9 Å². The molecular formula is C19H21N3O2. The van der Waals surface area contributed by atoms with Crippen molar-refractivity contribution < 1.29 is 4.79 Å². The number of carbonyl (C=O) groups is 1.